The van der Waals surface area contributed by atoms with Crippen LogP contribution in [-0.2, 0) is 9.59 Å². The van der Waals surface area contributed by atoms with Crippen LogP contribution in [0.3, 0.4) is 0 Å². The summed E-state index contributed by atoms with van der Waals surface area (Å²) < 4.78 is 0. The van der Waals surface area contributed by atoms with Crippen LogP contribution in [0.2, 0.25) is 0 Å². The zero-order valence-corrected chi connectivity index (χ0v) is 15.3. The van der Waals surface area contributed by atoms with E-state index >= 15 is 0 Å². The maximum Gasteiger partial charge on any atom is 0.257 e. The lowest BCUT2D eigenvalue weighted by Gasteiger charge is -2.22. The van der Waals surface area contributed by atoms with Gasteiger partial charge in [-0.3, -0.25) is 25.3 Å². The topological polar surface area (TPSA) is 73.5 Å². The lowest BCUT2D eigenvalue weighted by atomic mass is 10.1. The molecule has 0 radical (unpaired) electrons. The average molecular weight is 350 g/mol. The summed E-state index contributed by atoms with van der Waals surface area (Å²) in [5.41, 5.74) is 8.10. The van der Waals surface area contributed by atoms with E-state index in [4.69, 9.17) is 0 Å². The molecule has 0 unspecified atom stereocenters. The van der Waals surface area contributed by atoms with E-state index in [0.717, 1.165) is 29.2 Å². The lowest BCUT2D eigenvalue weighted by Crippen LogP contribution is -2.49. The van der Waals surface area contributed by atoms with E-state index in [9.17, 15) is 9.59 Å². The van der Waals surface area contributed by atoms with Crippen molar-refractivity contribution in [1.82, 2.24) is 15.8 Å². The highest BCUT2D eigenvalue weighted by Crippen LogP contribution is 2.20. The predicted octanol–water partition coefficient (Wildman–Crippen LogP) is 1.30. The molecular weight excluding hydrogens is 324 g/mol. The normalized spacial score (nSPS) is 16.9. The summed E-state index contributed by atoms with van der Waals surface area (Å²) in [6, 6.07) is 6.44. The summed E-state index contributed by atoms with van der Waals surface area (Å²) in [5.74, 6) is 1.74. The molecule has 3 N–H and O–H groups in total. The molecule has 7 heteroatoms. The van der Waals surface area contributed by atoms with Crippen LogP contribution in [-0.4, -0.2) is 54.4 Å². The highest BCUT2D eigenvalue weighted by Gasteiger charge is 2.21. The van der Waals surface area contributed by atoms with Gasteiger partial charge in [-0.05, 0) is 44.7 Å². The number of hydrogen-bond acceptors (Lipinski definition) is 5. The van der Waals surface area contributed by atoms with Gasteiger partial charge in [0.05, 0.1) is 13.1 Å². The number of aryl methyl sites for hydroxylation is 2. The number of hydrazine groups is 1. The Hall–Kier alpha value is -1.73. The molecule has 0 spiro atoms. The van der Waals surface area contributed by atoms with Crippen LogP contribution in [0, 0.1) is 13.8 Å². The molecule has 0 saturated carbocycles. The van der Waals surface area contributed by atoms with Crippen LogP contribution >= 0.6 is 11.8 Å². The zero-order chi connectivity index (χ0) is 17.5. The van der Waals surface area contributed by atoms with Gasteiger partial charge in [0.15, 0.2) is 0 Å². The fraction of sp³-hybridized carbons (Fsp3) is 0.529. The predicted molar refractivity (Wildman–Crippen MR) is 99.1 cm³/mol. The summed E-state index contributed by atoms with van der Waals surface area (Å²) >= 11 is 1.91. The van der Waals surface area contributed by atoms with E-state index in [2.05, 4.69) is 22.2 Å². The van der Waals surface area contributed by atoms with Gasteiger partial charge in [-0.1, -0.05) is 17.7 Å². The van der Waals surface area contributed by atoms with E-state index < -0.39 is 0 Å². The van der Waals surface area contributed by atoms with Gasteiger partial charge < -0.3 is 5.32 Å². The number of benzene rings is 1. The first-order valence-electron chi connectivity index (χ1n) is 8.12. The van der Waals surface area contributed by atoms with E-state index in [1.165, 1.54) is 5.56 Å². The molecule has 1 saturated heterocycles. The number of carbonyl (C=O) groups excluding carboxylic acids is 2. The lowest BCUT2D eigenvalue weighted by molar-refractivity contribution is -0.128. The molecule has 0 aromatic heterocycles. The summed E-state index contributed by atoms with van der Waals surface area (Å²) in [6.45, 7) is 4.42. The maximum atomic E-state index is 11.9. The van der Waals surface area contributed by atoms with Crippen LogP contribution in [0.25, 0.3) is 0 Å². The Balaban J connectivity index is 1.67. The van der Waals surface area contributed by atoms with Crippen molar-refractivity contribution in [1.29, 1.82) is 0 Å². The molecule has 6 nitrogen and oxygen atoms in total. The van der Waals surface area contributed by atoms with Gasteiger partial charge in [-0.15, -0.1) is 0 Å². The number of nitrogens with zero attached hydrogens (tertiary/aromatic N) is 1. The van der Waals surface area contributed by atoms with Gasteiger partial charge in [0.2, 0.25) is 0 Å². The molecule has 1 atom stereocenters. The first-order chi connectivity index (χ1) is 11.5. The Kier molecular flexibility index (Phi) is 6.93. The number of likely N-dealkylation sites (N-methyl/N-ethyl adjacent to an activating group) is 1. The number of nitrogens with one attached hydrogen (secondary N) is 3. The van der Waals surface area contributed by atoms with Crippen molar-refractivity contribution in [3.8, 4) is 0 Å². The van der Waals surface area contributed by atoms with Crippen molar-refractivity contribution in [2.75, 3.05) is 37.0 Å². The number of rotatable bonds is 6. The van der Waals surface area contributed by atoms with E-state index in [1.54, 1.807) is 0 Å². The second-order valence-corrected chi connectivity index (χ2v) is 7.35. The minimum Gasteiger partial charge on any atom is -0.376 e. The zero-order valence-electron chi connectivity index (χ0n) is 14.5. The standard InChI is InChI=1S/C17H26N4O2S/c1-12-4-5-15(13(2)8-12)18-9-16(22)19-20-17(23)10-21(3)14-6-7-24-11-14/h4-5,8,14,18H,6-7,9-11H2,1-3H3,(H,19,22)(H,20,23)/t14-/m1/s1. The van der Waals surface area contributed by atoms with Crippen molar-refractivity contribution >= 4 is 29.3 Å². The molecule has 1 fully saturated rings. The minimum atomic E-state index is -0.276. The number of carbonyl (C=O) groups is 2. The number of amides is 2. The highest BCUT2D eigenvalue weighted by molar-refractivity contribution is 7.99. The second-order valence-electron chi connectivity index (χ2n) is 6.20. The molecule has 0 aliphatic carbocycles. The van der Waals surface area contributed by atoms with Crippen LogP contribution in [0.5, 0.6) is 0 Å². The molecule has 1 aliphatic heterocycles. The molecular formula is C17H26N4O2S. The van der Waals surface area contributed by atoms with E-state index in [-0.39, 0.29) is 24.9 Å². The van der Waals surface area contributed by atoms with Crippen molar-refractivity contribution in [2.45, 2.75) is 26.3 Å². The monoisotopic (exact) mass is 350 g/mol. The van der Waals surface area contributed by atoms with Crippen LogP contribution in [0.4, 0.5) is 5.69 Å². The maximum absolute atomic E-state index is 11.9. The number of hydrogen-bond donors (Lipinski definition) is 3. The van der Waals surface area contributed by atoms with Gasteiger partial charge in [-0.2, -0.15) is 11.8 Å². The minimum absolute atomic E-state index is 0.110. The average Bonchev–Trinajstić information content (AvgIpc) is 3.06. The van der Waals surface area contributed by atoms with Crippen molar-refractivity contribution in [3.63, 3.8) is 0 Å². The Morgan fingerprint density at radius 1 is 1.25 bits per heavy atom. The Morgan fingerprint density at radius 3 is 2.67 bits per heavy atom. The Bertz CT molecular complexity index is 588. The molecule has 1 aliphatic rings. The molecule has 2 rings (SSSR count). The molecule has 0 bridgehead atoms. The van der Waals surface area contributed by atoms with Crippen LogP contribution < -0.4 is 16.2 Å². The molecule has 2 amide bonds. The summed E-state index contributed by atoms with van der Waals surface area (Å²) in [6.07, 6.45) is 1.11. The summed E-state index contributed by atoms with van der Waals surface area (Å²) in [5, 5.41) is 3.07. The van der Waals surface area contributed by atoms with Gasteiger partial charge in [-0.25, -0.2) is 0 Å². The van der Waals surface area contributed by atoms with Gasteiger partial charge >= 0.3 is 0 Å². The van der Waals surface area contributed by atoms with Gasteiger partial charge in [0, 0.05) is 17.5 Å². The molecule has 132 valence electrons. The number of anilines is 1. The summed E-state index contributed by atoms with van der Waals surface area (Å²) in [7, 11) is 1.94. The molecule has 1 heterocycles. The van der Waals surface area contributed by atoms with Gasteiger partial charge in [0.1, 0.15) is 0 Å². The van der Waals surface area contributed by atoms with E-state index in [1.807, 2.05) is 49.7 Å². The third-order valence-corrected chi connectivity index (χ3v) is 5.23. The molecule has 1 aromatic rings. The fourth-order valence-electron chi connectivity index (χ4n) is 2.64. The Morgan fingerprint density at radius 2 is 2.00 bits per heavy atom. The third-order valence-electron chi connectivity index (χ3n) is 4.08. The SMILES string of the molecule is Cc1ccc(NCC(=O)NNC(=O)CN(C)[C@@H]2CCSC2)c(C)c1. The van der Waals surface area contributed by atoms with Gasteiger partial charge in [0.25, 0.3) is 11.8 Å². The smallest absolute Gasteiger partial charge is 0.257 e. The first kappa shape index (κ1) is 18.6. The third kappa shape index (κ3) is 5.72. The summed E-state index contributed by atoms with van der Waals surface area (Å²) in [4.78, 5) is 25.8. The van der Waals surface area contributed by atoms with Crippen molar-refractivity contribution in [2.24, 2.45) is 0 Å². The molecule has 24 heavy (non-hydrogen) atoms. The fourth-order valence-corrected chi connectivity index (χ4v) is 3.93. The van der Waals surface area contributed by atoms with E-state index in [0.29, 0.717) is 6.04 Å². The largest absolute Gasteiger partial charge is 0.376 e. The Labute approximate surface area is 147 Å². The second kappa shape index (κ2) is 8.94. The number of thioether (sulfide) groups is 1. The van der Waals surface area contributed by atoms with Crippen LogP contribution in [0.15, 0.2) is 18.2 Å². The first-order valence-corrected chi connectivity index (χ1v) is 9.28. The highest BCUT2D eigenvalue weighted by atomic mass is 32.2. The molecule has 1 aromatic carbocycles. The van der Waals surface area contributed by atoms with Crippen molar-refractivity contribution in [3.05, 3.63) is 29.3 Å². The quantitative estimate of drug-likeness (QED) is 0.675. The van der Waals surface area contributed by atoms with Crippen LogP contribution in [0.1, 0.15) is 17.5 Å². The van der Waals surface area contributed by atoms with Crippen molar-refractivity contribution < 1.29 is 9.59 Å².